The fraction of sp³-hybridized carbons (Fsp3) is 0.438. The lowest BCUT2D eigenvalue weighted by Gasteiger charge is -2.23. The predicted octanol–water partition coefficient (Wildman–Crippen LogP) is 2.96. The van der Waals surface area contributed by atoms with E-state index >= 15 is 0 Å². The molecule has 1 aromatic carbocycles. The summed E-state index contributed by atoms with van der Waals surface area (Å²) in [5, 5.41) is 10.6. The Bertz CT molecular complexity index is 596. The summed E-state index contributed by atoms with van der Waals surface area (Å²) in [5.41, 5.74) is 1.93. The molecule has 2 atom stereocenters. The zero-order valence-electron chi connectivity index (χ0n) is 11.5. The first-order chi connectivity index (χ1) is 9.19. The fourth-order valence-electron chi connectivity index (χ4n) is 3.13. The third kappa shape index (κ3) is 2.19. The van der Waals surface area contributed by atoms with E-state index in [1.165, 1.54) is 6.42 Å². The highest BCUT2D eigenvalue weighted by Gasteiger charge is 2.27. The maximum Gasteiger partial charge on any atom is 0.129 e. The summed E-state index contributed by atoms with van der Waals surface area (Å²) >= 11 is 0. The van der Waals surface area contributed by atoms with E-state index in [2.05, 4.69) is 18.7 Å². The molecular formula is C16H20N2O. The van der Waals surface area contributed by atoms with Crippen molar-refractivity contribution in [1.29, 1.82) is 0 Å². The first-order valence-corrected chi connectivity index (χ1v) is 6.95. The standard InChI is InChI=1S/C16H20N2O/c1-11-7-12(2)18(9-11)16-8-13(10-19)14-5-3-4-6-15(14)17-16/h3-6,8,11-12,19H,7,9-10H2,1-2H3. The number of hydrogen-bond acceptors (Lipinski definition) is 3. The lowest BCUT2D eigenvalue weighted by atomic mass is 10.1. The van der Waals surface area contributed by atoms with Gasteiger partial charge in [-0.1, -0.05) is 25.1 Å². The Balaban J connectivity index is 2.09. The van der Waals surface area contributed by atoms with Crippen LogP contribution in [0.1, 0.15) is 25.8 Å². The minimum Gasteiger partial charge on any atom is -0.392 e. The van der Waals surface area contributed by atoms with Crippen LogP contribution in [-0.4, -0.2) is 22.7 Å². The number of aromatic nitrogens is 1. The molecule has 1 saturated heterocycles. The van der Waals surface area contributed by atoms with Crippen LogP contribution in [0.5, 0.6) is 0 Å². The minimum atomic E-state index is 0.0633. The second-order valence-electron chi connectivity index (χ2n) is 5.66. The Labute approximate surface area is 113 Å². The summed E-state index contributed by atoms with van der Waals surface area (Å²) in [6.45, 7) is 5.65. The number of para-hydroxylation sites is 1. The molecule has 0 amide bonds. The molecule has 0 radical (unpaired) electrons. The predicted molar refractivity (Wildman–Crippen MR) is 78.3 cm³/mol. The summed E-state index contributed by atoms with van der Waals surface area (Å²) < 4.78 is 0. The van der Waals surface area contributed by atoms with Gasteiger partial charge in [-0.05, 0) is 37.0 Å². The van der Waals surface area contributed by atoms with Gasteiger partial charge in [-0.3, -0.25) is 0 Å². The smallest absolute Gasteiger partial charge is 0.129 e. The molecule has 1 aliphatic rings. The molecule has 0 spiro atoms. The summed E-state index contributed by atoms with van der Waals surface area (Å²) in [5.74, 6) is 1.71. The van der Waals surface area contributed by atoms with Crippen LogP contribution in [0.15, 0.2) is 30.3 Å². The lowest BCUT2D eigenvalue weighted by molar-refractivity contribution is 0.283. The van der Waals surface area contributed by atoms with Crippen LogP contribution in [0.2, 0.25) is 0 Å². The molecule has 3 rings (SSSR count). The van der Waals surface area contributed by atoms with Crippen LogP contribution in [0.25, 0.3) is 10.9 Å². The van der Waals surface area contributed by atoms with Crippen LogP contribution in [0, 0.1) is 5.92 Å². The largest absolute Gasteiger partial charge is 0.392 e. The molecule has 3 nitrogen and oxygen atoms in total. The van der Waals surface area contributed by atoms with E-state index in [1.807, 2.05) is 30.3 Å². The molecule has 1 aromatic heterocycles. The van der Waals surface area contributed by atoms with E-state index in [9.17, 15) is 5.11 Å². The monoisotopic (exact) mass is 256 g/mol. The average Bonchev–Trinajstić information content (AvgIpc) is 2.76. The van der Waals surface area contributed by atoms with Crippen molar-refractivity contribution in [2.75, 3.05) is 11.4 Å². The van der Waals surface area contributed by atoms with Crippen LogP contribution in [-0.2, 0) is 6.61 Å². The molecule has 100 valence electrons. The van der Waals surface area contributed by atoms with Gasteiger partial charge in [0.25, 0.3) is 0 Å². The van der Waals surface area contributed by atoms with E-state index in [-0.39, 0.29) is 6.61 Å². The van der Waals surface area contributed by atoms with Crippen molar-refractivity contribution in [3.8, 4) is 0 Å². The number of anilines is 1. The van der Waals surface area contributed by atoms with Gasteiger partial charge in [-0.2, -0.15) is 0 Å². The Morgan fingerprint density at radius 3 is 2.79 bits per heavy atom. The Morgan fingerprint density at radius 1 is 1.32 bits per heavy atom. The Morgan fingerprint density at radius 2 is 2.11 bits per heavy atom. The normalized spacial score (nSPS) is 23.2. The highest BCUT2D eigenvalue weighted by atomic mass is 16.3. The van der Waals surface area contributed by atoms with Crippen molar-refractivity contribution >= 4 is 16.7 Å². The molecule has 0 saturated carbocycles. The molecule has 0 aliphatic carbocycles. The first kappa shape index (κ1) is 12.4. The highest BCUT2D eigenvalue weighted by molar-refractivity contribution is 5.84. The number of nitrogens with zero attached hydrogens (tertiary/aromatic N) is 2. The lowest BCUT2D eigenvalue weighted by Crippen LogP contribution is -2.27. The molecule has 19 heavy (non-hydrogen) atoms. The van der Waals surface area contributed by atoms with E-state index in [4.69, 9.17) is 4.98 Å². The van der Waals surface area contributed by atoms with Crippen molar-refractivity contribution in [2.24, 2.45) is 5.92 Å². The molecule has 1 fully saturated rings. The van der Waals surface area contributed by atoms with Crippen LogP contribution < -0.4 is 4.90 Å². The molecule has 2 aromatic rings. The maximum atomic E-state index is 9.57. The highest BCUT2D eigenvalue weighted by Crippen LogP contribution is 2.30. The van der Waals surface area contributed by atoms with Gasteiger partial charge in [0, 0.05) is 18.0 Å². The van der Waals surface area contributed by atoms with Gasteiger partial charge in [0.2, 0.25) is 0 Å². The fourth-order valence-corrected chi connectivity index (χ4v) is 3.13. The molecule has 3 heteroatoms. The molecule has 1 N–H and O–H groups in total. The first-order valence-electron chi connectivity index (χ1n) is 6.95. The SMILES string of the molecule is CC1CC(C)N(c2cc(CO)c3ccccc3n2)C1. The molecule has 1 aliphatic heterocycles. The van der Waals surface area contributed by atoms with Crippen LogP contribution >= 0.6 is 0 Å². The summed E-state index contributed by atoms with van der Waals surface area (Å²) in [7, 11) is 0. The van der Waals surface area contributed by atoms with Gasteiger partial charge in [0.05, 0.1) is 12.1 Å². The van der Waals surface area contributed by atoms with E-state index in [1.54, 1.807) is 0 Å². The third-order valence-corrected chi connectivity index (χ3v) is 4.04. The minimum absolute atomic E-state index is 0.0633. The Hall–Kier alpha value is -1.61. The summed E-state index contributed by atoms with van der Waals surface area (Å²) in [6.07, 6.45) is 1.21. The maximum absolute atomic E-state index is 9.57. The second-order valence-corrected chi connectivity index (χ2v) is 5.66. The average molecular weight is 256 g/mol. The number of aliphatic hydroxyl groups excluding tert-OH is 1. The molecule has 0 bridgehead atoms. The van der Waals surface area contributed by atoms with E-state index in [0.29, 0.717) is 12.0 Å². The quantitative estimate of drug-likeness (QED) is 0.897. The van der Waals surface area contributed by atoms with Gasteiger partial charge in [-0.15, -0.1) is 0 Å². The number of benzene rings is 1. The zero-order valence-corrected chi connectivity index (χ0v) is 11.5. The number of pyridine rings is 1. The summed E-state index contributed by atoms with van der Waals surface area (Å²) in [4.78, 5) is 7.12. The van der Waals surface area contributed by atoms with Crippen molar-refractivity contribution in [1.82, 2.24) is 4.98 Å². The third-order valence-electron chi connectivity index (χ3n) is 4.04. The van der Waals surface area contributed by atoms with Crippen LogP contribution in [0.4, 0.5) is 5.82 Å². The van der Waals surface area contributed by atoms with Crippen LogP contribution in [0.3, 0.4) is 0 Å². The van der Waals surface area contributed by atoms with Gasteiger partial charge in [0.15, 0.2) is 0 Å². The zero-order chi connectivity index (χ0) is 13.4. The van der Waals surface area contributed by atoms with E-state index in [0.717, 1.165) is 28.8 Å². The van der Waals surface area contributed by atoms with E-state index < -0.39 is 0 Å². The van der Waals surface area contributed by atoms with Crippen molar-refractivity contribution in [3.05, 3.63) is 35.9 Å². The van der Waals surface area contributed by atoms with Gasteiger partial charge in [0.1, 0.15) is 5.82 Å². The number of rotatable bonds is 2. The topological polar surface area (TPSA) is 36.4 Å². The van der Waals surface area contributed by atoms with Crippen molar-refractivity contribution in [3.63, 3.8) is 0 Å². The second kappa shape index (κ2) is 4.82. The van der Waals surface area contributed by atoms with Crippen molar-refractivity contribution in [2.45, 2.75) is 32.9 Å². The molecule has 2 heterocycles. The number of hydrogen-bond donors (Lipinski definition) is 1. The molecular weight excluding hydrogens is 236 g/mol. The van der Waals surface area contributed by atoms with Gasteiger partial charge in [-0.25, -0.2) is 4.98 Å². The number of aliphatic hydroxyl groups is 1. The summed E-state index contributed by atoms with van der Waals surface area (Å²) in [6, 6.07) is 10.6. The van der Waals surface area contributed by atoms with Crippen molar-refractivity contribution < 1.29 is 5.11 Å². The number of fused-ring (bicyclic) bond motifs is 1. The van der Waals surface area contributed by atoms with Gasteiger partial charge < -0.3 is 10.0 Å². The Kier molecular flexibility index (Phi) is 3.15. The van der Waals surface area contributed by atoms with Gasteiger partial charge >= 0.3 is 0 Å². The molecule has 2 unspecified atom stereocenters.